The number of carbonyl (C=O) groups is 9. The van der Waals surface area contributed by atoms with Crippen molar-refractivity contribution in [1.82, 2.24) is 61.7 Å². The first-order valence-corrected chi connectivity index (χ1v) is 29.2. The fourth-order valence-electron chi connectivity index (χ4n) is 10.5. The van der Waals surface area contributed by atoms with Crippen LogP contribution in [0.2, 0.25) is 0 Å². The van der Waals surface area contributed by atoms with Gasteiger partial charge in [0.15, 0.2) is 0 Å². The lowest BCUT2D eigenvalue weighted by Gasteiger charge is -2.31. The van der Waals surface area contributed by atoms with Crippen LogP contribution in [0.4, 0.5) is 0 Å². The smallest absolute Gasteiger partial charge is 0.303 e. The number of amides is 8. The second-order valence-corrected chi connectivity index (χ2v) is 20.9. The van der Waals surface area contributed by atoms with E-state index in [1.165, 1.54) is 21.3 Å². The van der Waals surface area contributed by atoms with Gasteiger partial charge in [0.05, 0.1) is 54.7 Å². The molecule has 25 heteroatoms. The van der Waals surface area contributed by atoms with Crippen molar-refractivity contribution in [2.45, 2.75) is 25.7 Å². The number of hydrogen-bond donors (Lipinski definition) is 8. The summed E-state index contributed by atoms with van der Waals surface area (Å²) in [5, 5.41) is 30.2. The molecule has 4 aliphatic rings. The fraction of sp³-hybridized carbons (Fsp3) is 0.459. The lowest BCUT2D eigenvalue weighted by atomic mass is 10.1. The third-order valence-corrected chi connectivity index (χ3v) is 15.2. The van der Waals surface area contributed by atoms with E-state index in [1.54, 1.807) is 83.8 Å². The Morgan fingerprint density at radius 2 is 0.674 bits per heavy atom. The van der Waals surface area contributed by atoms with Crippen molar-refractivity contribution in [2.75, 3.05) is 159 Å². The number of benzene rings is 4. The van der Waals surface area contributed by atoms with E-state index >= 15 is 0 Å². The van der Waals surface area contributed by atoms with E-state index in [0.717, 1.165) is 0 Å². The van der Waals surface area contributed by atoms with Gasteiger partial charge in [-0.25, -0.2) is 0 Å². The number of nitrogens with one attached hydrogen (secondary N) is 7. The number of hydrogen-bond acceptors (Lipinski definition) is 16. The van der Waals surface area contributed by atoms with Crippen molar-refractivity contribution >= 4 is 53.2 Å². The summed E-state index contributed by atoms with van der Waals surface area (Å²) in [6.45, 7) is 4.87. The largest absolute Gasteiger partial charge is 0.495 e. The summed E-state index contributed by atoms with van der Waals surface area (Å²) in [6.07, 6.45) is 1.44. The van der Waals surface area contributed by atoms with Gasteiger partial charge in [-0.15, -0.1) is 0 Å². The summed E-state index contributed by atoms with van der Waals surface area (Å²) >= 11 is 0. The molecule has 2 atom stereocenters. The quantitative estimate of drug-likeness (QED) is 0.109. The van der Waals surface area contributed by atoms with E-state index in [-0.39, 0.29) is 185 Å². The molecule has 86 heavy (non-hydrogen) atoms. The molecule has 8 amide bonds. The lowest BCUT2D eigenvalue weighted by Crippen LogP contribution is -2.46. The van der Waals surface area contributed by atoms with Gasteiger partial charge in [-0.1, -0.05) is 30.7 Å². The number of fused-ring (bicyclic) bond motifs is 16. The third-order valence-electron chi connectivity index (χ3n) is 15.2. The van der Waals surface area contributed by atoms with Crippen molar-refractivity contribution in [3.63, 3.8) is 0 Å². The summed E-state index contributed by atoms with van der Waals surface area (Å²) in [4.78, 5) is 134. The molecule has 0 saturated carbocycles. The topological polar surface area (TPSA) is 302 Å². The van der Waals surface area contributed by atoms with Crippen LogP contribution in [0.15, 0.2) is 78.9 Å². The first-order valence-electron chi connectivity index (χ1n) is 29.2. The number of nitrogens with zero attached hydrogens (tertiary/aromatic N) is 5. The zero-order valence-electron chi connectivity index (χ0n) is 49.3. The van der Waals surface area contributed by atoms with Crippen LogP contribution in [0.25, 0.3) is 0 Å². The zero-order valence-corrected chi connectivity index (χ0v) is 49.3. The van der Waals surface area contributed by atoms with Crippen molar-refractivity contribution in [3.05, 3.63) is 123 Å². The van der Waals surface area contributed by atoms with Gasteiger partial charge in [0.25, 0.3) is 47.3 Å². The van der Waals surface area contributed by atoms with E-state index in [9.17, 15) is 48.3 Å². The summed E-state index contributed by atoms with van der Waals surface area (Å²) < 4.78 is 17.2. The highest BCUT2D eigenvalue weighted by Gasteiger charge is 2.26. The molecular weight excluding hydrogens is 1110 g/mol. The van der Waals surface area contributed by atoms with Gasteiger partial charge >= 0.3 is 5.97 Å². The van der Waals surface area contributed by atoms with Gasteiger partial charge in [0.1, 0.15) is 17.2 Å². The van der Waals surface area contributed by atoms with E-state index in [0.29, 0.717) is 45.4 Å². The molecular formula is C61H80N12O13. The Balaban J connectivity index is 1.32. The first-order chi connectivity index (χ1) is 41.7. The molecule has 4 aromatic rings. The average Bonchev–Trinajstić information content (AvgIpc) is 3.21. The normalized spacial score (nSPS) is 20.7. The van der Waals surface area contributed by atoms with Crippen LogP contribution in [0.3, 0.4) is 0 Å². The molecule has 8 rings (SSSR count). The van der Waals surface area contributed by atoms with Crippen LogP contribution >= 0.6 is 0 Å². The summed E-state index contributed by atoms with van der Waals surface area (Å²) in [7, 11) is 4.16. The molecule has 25 nitrogen and oxygen atoms in total. The van der Waals surface area contributed by atoms with Crippen LogP contribution in [0.5, 0.6) is 17.2 Å². The molecule has 0 spiro atoms. The second-order valence-electron chi connectivity index (χ2n) is 20.9. The number of ether oxygens (including phenoxy) is 3. The summed E-state index contributed by atoms with van der Waals surface area (Å²) in [5.74, 6) is -4.32. The SMILES string of the molecule is COc1c2cccc1C(=O)NCCN1CCNC(=O)c3cccc(c3OC)C(=O)NCCN(CCNC2=O)CCN2CCNC(=O)c3cccc(c3)C(=O)N(CCCCCC(=O)O)CCN(CCNC(=O)c3cccc(c3OC)C(=O)NCC2)CC1. The van der Waals surface area contributed by atoms with Crippen LogP contribution in [0.1, 0.15) is 109 Å². The minimum atomic E-state index is -0.915. The predicted octanol–water partition coefficient (Wildman–Crippen LogP) is 1.26. The first kappa shape index (κ1) is 64.9. The van der Waals surface area contributed by atoms with Gasteiger partial charge in [-0.2, -0.15) is 0 Å². The van der Waals surface area contributed by atoms with Crippen LogP contribution in [-0.4, -0.2) is 242 Å². The lowest BCUT2D eigenvalue weighted by molar-refractivity contribution is -0.137. The zero-order chi connectivity index (χ0) is 61.4. The Morgan fingerprint density at radius 3 is 1.00 bits per heavy atom. The van der Waals surface area contributed by atoms with Crippen molar-refractivity contribution < 1.29 is 62.5 Å². The van der Waals surface area contributed by atoms with Crippen molar-refractivity contribution in [2.24, 2.45) is 0 Å². The Hall–Kier alpha value is -8.65. The van der Waals surface area contributed by atoms with Gasteiger partial charge in [-0.3, -0.25) is 62.8 Å². The molecule has 0 radical (unpaired) electrons. The van der Waals surface area contributed by atoms with Gasteiger partial charge in [0, 0.05) is 155 Å². The number of aliphatic carboxylic acids is 1. The average molecular weight is 1190 g/mol. The van der Waals surface area contributed by atoms with Crippen LogP contribution in [-0.2, 0) is 4.79 Å². The van der Waals surface area contributed by atoms with E-state index in [1.807, 2.05) is 14.7 Å². The molecule has 0 saturated heterocycles. The number of carboxylic acid groups (broad SMARTS) is 1. The molecule has 12 bridgehead atoms. The molecule has 462 valence electrons. The predicted molar refractivity (Wildman–Crippen MR) is 320 cm³/mol. The minimum absolute atomic E-state index is 0.0196. The van der Waals surface area contributed by atoms with E-state index in [2.05, 4.69) is 42.1 Å². The number of para-hydroxylation sites is 3. The maximum absolute atomic E-state index is 14.7. The number of unbranched alkanes of at least 4 members (excludes halogenated alkanes) is 2. The molecule has 4 aromatic carbocycles. The molecule has 0 aromatic heterocycles. The Labute approximate surface area is 500 Å². The minimum Gasteiger partial charge on any atom is -0.495 e. The highest BCUT2D eigenvalue weighted by Crippen LogP contribution is 2.27. The highest BCUT2D eigenvalue weighted by molar-refractivity contribution is 6.06. The number of methoxy groups -OCH3 is 3. The van der Waals surface area contributed by atoms with Gasteiger partial charge in [-0.05, 0) is 67.4 Å². The van der Waals surface area contributed by atoms with Crippen LogP contribution in [0, 0.1) is 0 Å². The monoisotopic (exact) mass is 1190 g/mol. The molecule has 0 aliphatic carbocycles. The van der Waals surface area contributed by atoms with Crippen molar-refractivity contribution in [3.8, 4) is 17.2 Å². The number of rotatable bonds is 9. The Bertz CT molecular complexity index is 2960. The van der Waals surface area contributed by atoms with E-state index in [4.69, 9.17) is 14.2 Å². The number of carboxylic acids is 1. The molecule has 4 heterocycles. The van der Waals surface area contributed by atoms with Gasteiger partial charge < -0.3 is 61.4 Å². The maximum Gasteiger partial charge on any atom is 0.303 e. The second kappa shape index (κ2) is 33.2. The highest BCUT2D eigenvalue weighted by atomic mass is 16.5. The fourth-order valence-corrected chi connectivity index (χ4v) is 10.5. The molecule has 0 fully saturated rings. The molecule has 4 aliphatic heterocycles. The van der Waals surface area contributed by atoms with E-state index < -0.39 is 47.3 Å². The maximum atomic E-state index is 14.7. The third kappa shape index (κ3) is 18.4. The molecule has 2 unspecified atom stereocenters. The van der Waals surface area contributed by atoms with Crippen molar-refractivity contribution in [1.29, 1.82) is 0 Å². The Kier molecular flexibility index (Phi) is 25.0. The van der Waals surface area contributed by atoms with Crippen LogP contribution < -0.4 is 51.4 Å². The Morgan fingerprint density at radius 1 is 0.384 bits per heavy atom. The summed E-state index contributed by atoms with van der Waals surface area (Å²) in [5.41, 5.74) is 1.37. The summed E-state index contributed by atoms with van der Waals surface area (Å²) in [6, 6.07) is 20.7. The standard InChI is InChI=1S/C61H80N12O13/c1-84-51-44-13-8-15-46(51)58(80)66-24-32-71-33-25-67-59(81)47-16-9-14-45(52(47)85-2)57(79)65-23-31-70(30-22-64-56(44)78)36-35-69-28-20-62-54(76)42-11-7-12-43(41-42)61(83)73(27-6-4-5-19-50(74)75)40-39-72(38-37-71)34-26-68-60(82)49-18-10-17-48(53(49)86-3)55(77)63-21-29-69/h7-18,41H,4-6,19-40H2,1-3H3,(H,62,76)(H,63,77)(H,64,78)(H,65,79)(H,66,80)(H,67,81)(H,68,82)(H,74,75). The number of carbonyl (C=O) groups excluding carboxylic acids is 8. The molecule has 8 N–H and O–H groups in total. The van der Waals surface area contributed by atoms with Gasteiger partial charge in [0.2, 0.25) is 0 Å².